The number of nitrogens with two attached hydrogens (primary N) is 1. The summed E-state index contributed by atoms with van der Waals surface area (Å²) in [4.78, 5) is 10.6. The summed E-state index contributed by atoms with van der Waals surface area (Å²) in [6, 6.07) is -0.731. The van der Waals surface area contributed by atoms with E-state index in [9.17, 15) is 4.79 Å². The molecule has 1 spiro atoms. The quantitative estimate of drug-likeness (QED) is 0.779. The van der Waals surface area contributed by atoms with E-state index in [4.69, 9.17) is 15.6 Å². The molecule has 16 heavy (non-hydrogen) atoms. The van der Waals surface area contributed by atoms with Crippen molar-refractivity contribution in [1.29, 1.82) is 0 Å². The van der Waals surface area contributed by atoms with Gasteiger partial charge in [-0.25, -0.2) is 0 Å². The molecule has 1 saturated carbocycles. The first kappa shape index (κ1) is 12.2. The highest BCUT2D eigenvalue weighted by molar-refractivity contribution is 8.00. The summed E-state index contributed by atoms with van der Waals surface area (Å²) >= 11 is 1.70. The van der Waals surface area contributed by atoms with Crippen LogP contribution in [0.15, 0.2) is 0 Å². The molecule has 3 N–H and O–H groups in total. The largest absolute Gasteiger partial charge is 0.480 e. The maximum absolute atomic E-state index is 10.6. The van der Waals surface area contributed by atoms with Crippen LogP contribution in [0.25, 0.3) is 0 Å². The SMILES string of the molecule is NC(CSC1CCOC2(CCC2)C1)C(=O)O. The topological polar surface area (TPSA) is 72.5 Å². The molecule has 1 aliphatic heterocycles. The smallest absolute Gasteiger partial charge is 0.321 e. The summed E-state index contributed by atoms with van der Waals surface area (Å²) < 4.78 is 5.83. The Labute approximate surface area is 99.9 Å². The second kappa shape index (κ2) is 4.94. The number of carboxylic acids is 1. The van der Waals surface area contributed by atoms with Gasteiger partial charge in [0.05, 0.1) is 5.60 Å². The number of hydrogen-bond donors (Lipinski definition) is 2. The van der Waals surface area contributed by atoms with E-state index in [1.54, 1.807) is 11.8 Å². The monoisotopic (exact) mass is 245 g/mol. The Kier molecular flexibility index (Phi) is 3.77. The molecule has 2 aliphatic rings. The minimum absolute atomic E-state index is 0.142. The Bertz CT molecular complexity index is 268. The van der Waals surface area contributed by atoms with Gasteiger partial charge in [-0.05, 0) is 32.1 Å². The molecule has 4 nitrogen and oxygen atoms in total. The highest BCUT2D eigenvalue weighted by atomic mass is 32.2. The maximum Gasteiger partial charge on any atom is 0.321 e. The normalized spacial score (nSPS) is 29.7. The van der Waals surface area contributed by atoms with Crippen molar-refractivity contribution in [1.82, 2.24) is 0 Å². The van der Waals surface area contributed by atoms with Gasteiger partial charge in [0.1, 0.15) is 6.04 Å². The third-order valence-electron chi connectivity index (χ3n) is 3.54. The molecule has 0 amide bonds. The molecule has 0 bridgehead atoms. The van der Waals surface area contributed by atoms with Crippen LogP contribution in [-0.2, 0) is 9.53 Å². The van der Waals surface area contributed by atoms with Crippen LogP contribution in [0.5, 0.6) is 0 Å². The lowest BCUT2D eigenvalue weighted by atomic mass is 9.75. The Morgan fingerprint density at radius 2 is 2.38 bits per heavy atom. The summed E-state index contributed by atoms with van der Waals surface area (Å²) in [7, 11) is 0. The van der Waals surface area contributed by atoms with E-state index < -0.39 is 12.0 Å². The van der Waals surface area contributed by atoms with E-state index in [-0.39, 0.29) is 5.60 Å². The number of ether oxygens (including phenoxy) is 1. The first-order chi connectivity index (χ1) is 7.61. The van der Waals surface area contributed by atoms with E-state index in [2.05, 4.69) is 0 Å². The molecule has 2 atom stereocenters. The zero-order valence-corrected chi connectivity index (χ0v) is 10.2. The molecule has 1 aliphatic carbocycles. The average molecular weight is 245 g/mol. The van der Waals surface area contributed by atoms with E-state index in [1.807, 2.05) is 0 Å². The third kappa shape index (κ3) is 2.70. The molecule has 2 unspecified atom stereocenters. The predicted octanol–water partition coefficient (Wildman–Crippen LogP) is 1.23. The van der Waals surface area contributed by atoms with Crippen molar-refractivity contribution in [2.45, 2.75) is 49.0 Å². The van der Waals surface area contributed by atoms with E-state index in [0.717, 1.165) is 19.4 Å². The standard InChI is InChI=1S/C11H19NO3S/c12-9(10(13)14)7-16-8-2-5-15-11(6-8)3-1-4-11/h8-9H,1-7,12H2,(H,13,14). The molecule has 92 valence electrons. The van der Waals surface area contributed by atoms with Crippen molar-refractivity contribution in [3.63, 3.8) is 0 Å². The van der Waals surface area contributed by atoms with Crippen LogP contribution in [0.4, 0.5) is 0 Å². The number of carbonyl (C=O) groups is 1. The van der Waals surface area contributed by atoms with Crippen molar-refractivity contribution in [3.05, 3.63) is 0 Å². The predicted molar refractivity (Wildman–Crippen MR) is 63.6 cm³/mol. The lowest BCUT2D eigenvalue weighted by molar-refractivity contribution is -0.137. The second-order valence-electron chi connectivity index (χ2n) is 4.78. The van der Waals surface area contributed by atoms with Gasteiger partial charge in [0.25, 0.3) is 0 Å². The Balaban J connectivity index is 1.75. The van der Waals surface area contributed by atoms with Gasteiger partial charge < -0.3 is 15.6 Å². The third-order valence-corrected chi connectivity index (χ3v) is 4.97. The molecular formula is C11H19NO3S. The zero-order chi connectivity index (χ0) is 11.6. The minimum Gasteiger partial charge on any atom is -0.480 e. The van der Waals surface area contributed by atoms with Gasteiger partial charge in [0.2, 0.25) is 0 Å². The molecule has 1 saturated heterocycles. The molecule has 5 heteroatoms. The van der Waals surface area contributed by atoms with E-state index in [1.165, 1.54) is 19.3 Å². The fraction of sp³-hybridized carbons (Fsp3) is 0.909. The van der Waals surface area contributed by atoms with Crippen LogP contribution in [0.2, 0.25) is 0 Å². The number of rotatable bonds is 4. The number of aliphatic carboxylic acids is 1. The van der Waals surface area contributed by atoms with Gasteiger partial charge in [0, 0.05) is 17.6 Å². The Morgan fingerprint density at radius 1 is 1.62 bits per heavy atom. The average Bonchev–Trinajstić information content (AvgIpc) is 2.24. The fourth-order valence-electron chi connectivity index (χ4n) is 2.36. The molecular weight excluding hydrogens is 226 g/mol. The van der Waals surface area contributed by atoms with Crippen LogP contribution in [0, 0.1) is 0 Å². The lowest BCUT2D eigenvalue weighted by Gasteiger charge is -2.47. The van der Waals surface area contributed by atoms with Crippen LogP contribution in [-0.4, -0.2) is 40.3 Å². The summed E-state index contributed by atoms with van der Waals surface area (Å²) in [5.74, 6) is -0.395. The molecule has 2 rings (SSSR count). The summed E-state index contributed by atoms with van der Waals surface area (Å²) in [6.07, 6.45) is 5.72. The van der Waals surface area contributed by atoms with Crippen molar-refractivity contribution in [3.8, 4) is 0 Å². The number of hydrogen-bond acceptors (Lipinski definition) is 4. The first-order valence-electron chi connectivity index (χ1n) is 5.85. The number of carboxylic acid groups (broad SMARTS) is 1. The lowest BCUT2D eigenvalue weighted by Crippen LogP contribution is -2.46. The Hall–Kier alpha value is -0.260. The molecule has 2 fully saturated rings. The van der Waals surface area contributed by atoms with Gasteiger partial charge in [-0.1, -0.05) is 0 Å². The minimum atomic E-state index is -0.905. The fourth-order valence-corrected chi connectivity index (χ4v) is 3.66. The van der Waals surface area contributed by atoms with E-state index >= 15 is 0 Å². The second-order valence-corrected chi connectivity index (χ2v) is 6.11. The van der Waals surface area contributed by atoms with Gasteiger partial charge in [-0.3, -0.25) is 4.79 Å². The van der Waals surface area contributed by atoms with Gasteiger partial charge in [0.15, 0.2) is 0 Å². The molecule has 0 aromatic heterocycles. The highest BCUT2D eigenvalue weighted by Gasteiger charge is 2.42. The maximum atomic E-state index is 10.6. The highest BCUT2D eigenvalue weighted by Crippen LogP contribution is 2.44. The summed E-state index contributed by atoms with van der Waals surface area (Å²) in [6.45, 7) is 0.819. The van der Waals surface area contributed by atoms with Crippen molar-refractivity contribution in [2.24, 2.45) is 5.73 Å². The molecule has 0 radical (unpaired) electrons. The zero-order valence-electron chi connectivity index (χ0n) is 9.35. The van der Waals surface area contributed by atoms with Gasteiger partial charge in [-0.15, -0.1) is 0 Å². The summed E-state index contributed by atoms with van der Waals surface area (Å²) in [5.41, 5.74) is 5.64. The van der Waals surface area contributed by atoms with Crippen molar-refractivity contribution in [2.75, 3.05) is 12.4 Å². The van der Waals surface area contributed by atoms with Gasteiger partial charge >= 0.3 is 5.97 Å². The van der Waals surface area contributed by atoms with E-state index in [0.29, 0.717) is 11.0 Å². The number of thioether (sulfide) groups is 1. The van der Waals surface area contributed by atoms with Crippen LogP contribution < -0.4 is 5.73 Å². The summed E-state index contributed by atoms with van der Waals surface area (Å²) in [5, 5.41) is 9.24. The van der Waals surface area contributed by atoms with Crippen LogP contribution >= 0.6 is 11.8 Å². The van der Waals surface area contributed by atoms with Crippen LogP contribution in [0.1, 0.15) is 32.1 Å². The van der Waals surface area contributed by atoms with Crippen LogP contribution in [0.3, 0.4) is 0 Å². The molecule has 0 aromatic carbocycles. The molecule has 0 aromatic rings. The van der Waals surface area contributed by atoms with Gasteiger partial charge in [-0.2, -0.15) is 11.8 Å². The first-order valence-corrected chi connectivity index (χ1v) is 6.90. The van der Waals surface area contributed by atoms with Crippen molar-refractivity contribution < 1.29 is 14.6 Å². The molecule has 1 heterocycles. The Morgan fingerprint density at radius 3 is 2.94 bits per heavy atom. The van der Waals surface area contributed by atoms with Crippen molar-refractivity contribution >= 4 is 17.7 Å².